The summed E-state index contributed by atoms with van der Waals surface area (Å²) in [5.41, 5.74) is 2.42. The summed E-state index contributed by atoms with van der Waals surface area (Å²) >= 11 is 0. The Bertz CT molecular complexity index is 859. The standard InChI is InChI=1S/C19H16N2O4/c22-19-11-10-14-6-4-5-9-16(14)17(19)12-20(23)18(13-21(24)25)15-7-2-1-3-8-15/h1-12,18,23H,13H2/b17-12-. The molecule has 0 spiro atoms. The van der Waals surface area contributed by atoms with Gasteiger partial charge in [0.05, 0.1) is 0 Å². The maximum atomic E-state index is 12.2. The van der Waals surface area contributed by atoms with E-state index >= 15 is 0 Å². The minimum Gasteiger partial charge on any atom is -0.289 e. The monoisotopic (exact) mass is 336 g/mol. The summed E-state index contributed by atoms with van der Waals surface area (Å²) in [7, 11) is 0. The highest BCUT2D eigenvalue weighted by molar-refractivity contribution is 6.29. The summed E-state index contributed by atoms with van der Waals surface area (Å²) in [5, 5.41) is 22.2. The molecular weight excluding hydrogens is 320 g/mol. The van der Waals surface area contributed by atoms with Gasteiger partial charge in [-0.05, 0) is 22.8 Å². The van der Waals surface area contributed by atoms with E-state index in [4.69, 9.17) is 0 Å². The highest BCUT2D eigenvalue weighted by Gasteiger charge is 2.25. The average molecular weight is 336 g/mol. The summed E-state index contributed by atoms with van der Waals surface area (Å²) in [6.45, 7) is -0.490. The van der Waals surface area contributed by atoms with Gasteiger partial charge in [-0.2, -0.15) is 0 Å². The van der Waals surface area contributed by atoms with Crippen molar-refractivity contribution >= 4 is 17.4 Å². The maximum absolute atomic E-state index is 12.2. The number of allylic oxidation sites excluding steroid dienone is 2. The molecule has 25 heavy (non-hydrogen) atoms. The number of ketones is 1. The van der Waals surface area contributed by atoms with Crippen molar-refractivity contribution in [2.24, 2.45) is 0 Å². The highest BCUT2D eigenvalue weighted by Crippen LogP contribution is 2.29. The molecule has 0 saturated carbocycles. The third-order valence-corrected chi connectivity index (χ3v) is 4.02. The van der Waals surface area contributed by atoms with E-state index in [1.165, 1.54) is 12.3 Å². The molecule has 2 aromatic rings. The molecule has 1 atom stereocenters. The minimum atomic E-state index is -0.894. The van der Waals surface area contributed by atoms with Crippen LogP contribution in [-0.4, -0.2) is 27.5 Å². The first kappa shape index (κ1) is 16.6. The van der Waals surface area contributed by atoms with Gasteiger partial charge in [-0.25, -0.2) is 5.06 Å². The molecule has 0 aromatic heterocycles. The Kier molecular flexibility index (Phi) is 4.72. The Morgan fingerprint density at radius 2 is 1.76 bits per heavy atom. The number of rotatable bonds is 5. The maximum Gasteiger partial charge on any atom is 0.230 e. The van der Waals surface area contributed by atoms with Gasteiger partial charge in [0.25, 0.3) is 0 Å². The number of nitro groups is 1. The van der Waals surface area contributed by atoms with E-state index in [1.54, 1.807) is 48.5 Å². The van der Waals surface area contributed by atoms with Crippen LogP contribution in [0.15, 0.2) is 66.9 Å². The molecule has 0 heterocycles. The van der Waals surface area contributed by atoms with Gasteiger partial charge in [-0.15, -0.1) is 0 Å². The van der Waals surface area contributed by atoms with Gasteiger partial charge in [0.1, 0.15) is 6.04 Å². The van der Waals surface area contributed by atoms with Gasteiger partial charge in [0.2, 0.25) is 6.54 Å². The van der Waals surface area contributed by atoms with Gasteiger partial charge in [-0.1, -0.05) is 60.7 Å². The van der Waals surface area contributed by atoms with E-state index in [0.717, 1.165) is 10.6 Å². The van der Waals surface area contributed by atoms with Gasteiger partial charge in [0.15, 0.2) is 5.78 Å². The Balaban J connectivity index is 1.99. The molecule has 0 bridgehead atoms. The van der Waals surface area contributed by atoms with Crippen molar-refractivity contribution in [3.05, 3.63) is 93.7 Å². The molecule has 126 valence electrons. The zero-order valence-electron chi connectivity index (χ0n) is 13.3. The molecule has 0 aliphatic heterocycles. The van der Waals surface area contributed by atoms with Crippen molar-refractivity contribution in [1.29, 1.82) is 0 Å². The van der Waals surface area contributed by atoms with Crippen molar-refractivity contribution in [2.45, 2.75) is 6.04 Å². The molecule has 0 radical (unpaired) electrons. The zero-order valence-corrected chi connectivity index (χ0v) is 13.3. The lowest BCUT2D eigenvalue weighted by Gasteiger charge is -2.24. The molecule has 0 saturated heterocycles. The van der Waals surface area contributed by atoms with E-state index in [-0.39, 0.29) is 5.78 Å². The number of hydroxylamine groups is 2. The molecule has 0 fully saturated rings. The van der Waals surface area contributed by atoms with Crippen LogP contribution in [0.2, 0.25) is 0 Å². The molecule has 3 rings (SSSR count). The topological polar surface area (TPSA) is 83.7 Å². The van der Waals surface area contributed by atoms with E-state index < -0.39 is 17.5 Å². The molecule has 0 amide bonds. The van der Waals surface area contributed by atoms with Crippen molar-refractivity contribution in [2.75, 3.05) is 6.54 Å². The van der Waals surface area contributed by atoms with Crippen LogP contribution in [0.5, 0.6) is 0 Å². The van der Waals surface area contributed by atoms with E-state index in [0.29, 0.717) is 16.7 Å². The second kappa shape index (κ2) is 7.11. The molecule has 6 heteroatoms. The second-order valence-corrected chi connectivity index (χ2v) is 5.65. The average Bonchev–Trinajstić information content (AvgIpc) is 2.62. The Morgan fingerprint density at radius 3 is 2.48 bits per heavy atom. The number of nitrogens with zero attached hydrogens (tertiary/aromatic N) is 2. The van der Waals surface area contributed by atoms with Crippen molar-refractivity contribution < 1.29 is 14.9 Å². The van der Waals surface area contributed by atoms with Gasteiger partial charge in [0, 0.05) is 16.7 Å². The quantitative estimate of drug-likeness (QED) is 0.514. The summed E-state index contributed by atoms with van der Waals surface area (Å²) in [6, 6.07) is 15.1. The van der Waals surface area contributed by atoms with Crippen LogP contribution in [0.25, 0.3) is 11.6 Å². The number of carbonyl (C=O) groups excluding carboxylic acids is 1. The fraction of sp³-hybridized carbons (Fsp3) is 0.105. The first-order valence-corrected chi connectivity index (χ1v) is 7.74. The zero-order chi connectivity index (χ0) is 17.8. The van der Waals surface area contributed by atoms with Crippen LogP contribution < -0.4 is 0 Å². The summed E-state index contributed by atoms with van der Waals surface area (Å²) in [4.78, 5) is 22.8. The lowest BCUT2D eigenvalue weighted by molar-refractivity contribution is -0.491. The molecule has 1 aliphatic carbocycles. The van der Waals surface area contributed by atoms with Crippen molar-refractivity contribution in [3.8, 4) is 0 Å². The van der Waals surface area contributed by atoms with E-state index in [1.807, 2.05) is 12.1 Å². The largest absolute Gasteiger partial charge is 0.289 e. The van der Waals surface area contributed by atoms with Crippen LogP contribution in [0.3, 0.4) is 0 Å². The first-order valence-electron chi connectivity index (χ1n) is 7.74. The van der Waals surface area contributed by atoms with Gasteiger partial charge >= 0.3 is 0 Å². The Hall–Kier alpha value is -3.25. The summed E-state index contributed by atoms with van der Waals surface area (Å²) in [6.07, 6.45) is 4.40. The van der Waals surface area contributed by atoms with Crippen LogP contribution in [0, 0.1) is 10.1 Å². The number of carbonyl (C=O) groups is 1. The predicted octanol–water partition coefficient (Wildman–Crippen LogP) is 3.33. The van der Waals surface area contributed by atoms with Crippen LogP contribution >= 0.6 is 0 Å². The van der Waals surface area contributed by atoms with Gasteiger partial charge < -0.3 is 0 Å². The molecule has 6 nitrogen and oxygen atoms in total. The number of benzene rings is 2. The molecule has 1 unspecified atom stereocenters. The van der Waals surface area contributed by atoms with E-state index in [9.17, 15) is 20.1 Å². The third-order valence-electron chi connectivity index (χ3n) is 4.02. The van der Waals surface area contributed by atoms with E-state index in [2.05, 4.69) is 0 Å². The SMILES string of the molecule is O=C1C=Cc2ccccc2/C1=C/N(O)C(C[N+](=O)[O-])c1ccccc1. The lowest BCUT2D eigenvalue weighted by Crippen LogP contribution is -2.27. The predicted molar refractivity (Wildman–Crippen MR) is 93.1 cm³/mol. The fourth-order valence-electron chi connectivity index (χ4n) is 2.79. The van der Waals surface area contributed by atoms with Crippen LogP contribution in [-0.2, 0) is 4.79 Å². The lowest BCUT2D eigenvalue weighted by atomic mass is 9.92. The van der Waals surface area contributed by atoms with Crippen LogP contribution in [0.1, 0.15) is 22.7 Å². The number of hydrogen-bond donors (Lipinski definition) is 1. The number of fused-ring (bicyclic) bond motifs is 1. The summed E-state index contributed by atoms with van der Waals surface area (Å²) < 4.78 is 0. The second-order valence-electron chi connectivity index (χ2n) is 5.65. The third kappa shape index (κ3) is 3.64. The molecular formula is C19H16N2O4. The normalized spacial score (nSPS) is 15.7. The smallest absolute Gasteiger partial charge is 0.230 e. The van der Waals surface area contributed by atoms with Crippen molar-refractivity contribution in [3.63, 3.8) is 0 Å². The Morgan fingerprint density at radius 1 is 1.08 bits per heavy atom. The highest BCUT2D eigenvalue weighted by atomic mass is 16.6. The molecule has 1 aliphatic rings. The molecule has 1 N–H and O–H groups in total. The minimum absolute atomic E-state index is 0.259. The number of hydrogen-bond acceptors (Lipinski definition) is 5. The fourth-order valence-corrected chi connectivity index (χ4v) is 2.79. The first-order chi connectivity index (χ1) is 12.1. The van der Waals surface area contributed by atoms with Gasteiger partial charge in [-0.3, -0.25) is 20.1 Å². The molecule has 2 aromatic carbocycles. The Labute approximate surface area is 144 Å². The van der Waals surface area contributed by atoms with Crippen molar-refractivity contribution in [1.82, 2.24) is 5.06 Å². The van der Waals surface area contributed by atoms with Crippen LogP contribution in [0.4, 0.5) is 0 Å². The summed E-state index contributed by atoms with van der Waals surface area (Å²) in [5.74, 6) is -0.259.